The highest BCUT2D eigenvalue weighted by Crippen LogP contribution is 2.32. The van der Waals surface area contributed by atoms with Crippen LogP contribution in [0.25, 0.3) is 0 Å². The molecule has 0 unspecified atom stereocenters. The summed E-state index contributed by atoms with van der Waals surface area (Å²) < 4.78 is 39.7. The van der Waals surface area contributed by atoms with Crippen molar-refractivity contribution in [3.8, 4) is 0 Å². The molecule has 0 radical (unpaired) electrons. The van der Waals surface area contributed by atoms with Gasteiger partial charge in [-0.05, 0) is 36.4 Å². The molecule has 2 aromatic rings. The molecule has 5 heteroatoms. The molecule has 1 nitrogen and oxygen atoms in total. The number of hydrogen-bond donors (Lipinski definition) is 1. The zero-order chi connectivity index (χ0) is 12.4. The first-order valence-corrected chi connectivity index (χ1v) is 5.56. The molecular weight excluding hydrogens is 247 g/mol. The number of anilines is 1. The highest BCUT2D eigenvalue weighted by Gasteiger charge is 2.09. The molecule has 0 aliphatic carbocycles. The van der Waals surface area contributed by atoms with E-state index >= 15 is 0 Å². The number of rotatable bonds is 2. The van der Waals surface area contributed by atoms with Crippen molar-refractivity contribution >= 4 is 17.4 Å². The molecule has 2 aromatic carbocycles. The summed E-state index contributed by atoms with van der Waals surface area (Å²) in [4.78, 5) is 0.234. The molecule has 0 amide bonds. The van der Waals surface area contributed by atoms with Crippen molar-refractivity contribution in [3.05, 3.63) is 53.8 Å². The first kappa shape index (κ1) is 11.9. The van der Waals surface area contributed by atoms with Gasteiger partial charge < -0.3 is 5.73 Å². The van der Waals surface area contributed by atoms with Gasteiger partial charge in [-0.15, -0.1) is 0 Å². The van der Waals surface area contributed by atoms with Crippen LogP contribution in [0.1, 0.15) is 0 Å². The molecule has 2 rings (SSSR count). The number of nitrogen functional groups attached to an aromatic ring is 1. The molecule has 0 spiro atoms. The lowest BCUT2D eigenvalue weighted by Gasteiger charge is -2.05. The van der Waals surface area contributed by atoms with Crippen molar-refractivity contribution in [3.63, 3.8) is 0 Å². The van der Waals surface area contributed by atoms with E-state index in [0.717, 1.165) is 36.0 Å². The predicted molar refractivity (Wildman–Crippen MR) is 61.3 cm³/mol. The standard InChI is InChI=1S/C12H8F3NS/c13-7-1-3-9(14)12(5-7)17-11-4-2-8(16)6-10(11)15/h1-6H,16H2. The highest BCUT2D eigenvalue weighted by molar-refractivity contribution is 7.99. The van der Waals surface area contributed by atoms with Gasteiger partial charge in [-0.2, -0.15) is 0 Å². The molecule has 17 heavy (non-hydrogen) atoms. The summed E-state index contributed by atoms with van der Waals surface area (Å²) in [6.07, 6.45) is 0. The van der Waals surface area contributed by atoms with Crippen LogP contribution < -0.4 is 5.73 Å². The predicted octanol–water partition coefficient (Wildman–Crippen LogP) is 3.84. The van der Waals surface area contributed by atoms with Crippen molar-refractivity contribution in [2.24, 2.45) is 0 Å². The minimum atomic E-state index is -0.590. The Morgan fingerprint density at radius 3 is 2.29 bits per heavy atom. The number of nitrogens with two attached hydrogens (primary N) is 1. The van der Waals surface area contributed by atoms with Crippen molar-refractivity contribution in [1.29, 1.82) is 0 Å². The molecule has 0 bridgehead atoms. The van der Waals surface area contributed by atoms with Gasteiger partial charge in [0.25, 0.3) is 0 Å². The van der Waals surface area contributed by atoms with Gasteiger partial charge in [0.2, 0.25) is 0 Å². The first-order chi connectivity index (χ1) is 8.06. The average molecular weight is 255 g/mol. The maximum atomic E-state index is 13.5. The maximum Gasteiger partial charge on any atom is 0.139 e. The van der Waals surface area contributed by atoms with Crippen molar-refractivity contribution in [1.82, 2.24) is 0 Å². The van der Waals surface area contributed by atoms with Crippen LogP contribution in [-0.4, -0.2) is 0 Å². The molecule has 0 saturated heterocycles. The van der Waals surface area contributed by atoms with Crippen LogP contribution >= 0.6 is 11.8 Å². The minimum Gasteiger partial charge on any atom is -0.399 e. The summed E-state index contributed by atoms with van der Waals surface area (Å²) in [7, 11) is 0. The van der Waals surface area contributed by atoms with Gasteiger partial charge in [0, 0.05) is 10.6 Å². The lowest BCUT2D eigenvalue weighted by Crippen LogP contribution is -1.89. The summed E-state index contributed by atoms with van der Waals surface area (Å²) in [5, 5.41) is 0. The Bertz CT molecular complexity index is 557. The first-order valence-electron chi connectivity index (χ1n) is 4.74. The molecule has 2 N–H and O–H groups in total. The third kappa shape index (κ3) is 2.74. The summed E-state index contributed by atoms with van der Waals surface area (Å²) in [6.45, 7) is 0. The van der Waals surface area contributed by atoms with E-state index in [1.165, 1.54) is 12.1 Å². The Morgan fingerprint density at radius 1 is 0.824 bits per heavy atom. The summed E-state index contributed by atoms with van der Waals surface area (Å²) in [5.74, 6) is -1.71. The van der Waals surface area contributed by atoms with Crippen molar-refractivity contribution in [2.45, 2.75) is 9.79 Å². The lowest BCUT2D eigenvalue weighted by molar-refractivity contribution is 0.576. The zero-order valence-corrected chi connectivity index (χ0v) is 9.40. The number of benzene rings is 2. The van der Waals surface area contributed by atoms with Crippen molar-refractivity contribution in [2.75, 3.05) is 5.73 Å². The van der Waals surface area contributed by atoms with E-state index in [2.05, 4.69) is 0 Å². The van der Waals surface area contributed by atoms with Crippen LogP contribution in [0.15, 0.2) is 46.2 Å². The van der Waals surface area contributed by atoms with E-state index in [4.69, 9.17) is 5.73 Å². The third-order valence-electron chi connectivity index (χ3n) is 2.07. The van der Waals surface area contributed by atoms with Gasteiger partial charge in [0.05, 0.1) is 4.90 Å². The van der Waals surface area contributed by atoms with E-state index in [1.807, 2.05) is 0 Å². The Morgan fingerprint density at radius 2 is 1.59 bits per heavy atom. The van der Waals surface area contributed by atoms with Gasteiger partial charge in [0.1, 0.15) is 17.5 Å². The number of hydrogen-bond acceptors (Lipinski definition) is 2. The number of halogens is 3. The Kier molecular flexibility index (Phi) is 3.28. The Labute approximate surface area is 100 Å². The van der Waals surface area contributed by atoms with Crippen LogP contribution in [0, 0.1) is 17.5 Å². The molecule has 0 aliphatic rings. The molecule has 88 valence electrons. The van der Waals surface area contributed by atoms with Crippen LogP contribution in [0.3, 0.4) is 0 Å². The van der Waals surface area contributed by atoms with Gasteiger partial charge in [-0.1, -0.05) is 11.8 Å². The van der Waals surface area contributed by atoms with E-state index in [1.54, 1.807) is 0 Å². The molecule has 0 aliphatic heterocycles. The van der Waals surface area contributed by atoms with Gasteiger partial charge in [0.15, 0.2) is 0 Å². The van der Waals surface area contributed by atoms with Crippen LogP contribution in [0.5, 0.6) is 0 Å². The molecule has 0 aromatic heterocycles. The van der Waals surface area contributed by atoms with E-state index < -0.39 is 17.5 Å². The molecule has 0 saturated carbocycles. The molecule has 0 atom stereocenters. The maximum absolute atomic E-state index is 13.5. The molecular formula is C12H8F3NS. The second kappa shape index (κ2) is 4.71. The Hall–Kier alpha value is -1.62. The summed E-state index contributed by atoms with van der Waals surface area (Å²) >= 11 is 0.818. The topological polar surface area (TPSA) is 26.0 Å². The molecule has 0 heterocycles. The monoisotopic (exact) mass is 255 g/mol. The highest BCUT2D eigenvalue weighted by atomic mass is 32.2. The normalized spacial score (nSPS) is 10.5. The van der Waals surface area contributed by atoms with Crippen LogP contribution in [0.4, 0.5) is 18.9 Å². The van der Waals surface area contributed by atoms with E-state index in [0.29, 0.717) is 0 Å². The Balaban J connectivity index is 2.34. The van der Waals surface area contributed by atoms with Crippen LogP contribution in [0.2, 0.25) is 0 Å². The second-order valence-corrected chi connectivity index (χ2v) is 4.45. The van der Waals surface area contributed by atoms with Crippen LogP contribution in [-0.2, 0) is 0 Å². The zero-order valence-electron chi connectivity index (χ0n) is 8.58. The quantitative estimate of drug-likeness (QED) is 0.825. The molecule has 0 fully saturated rings. The third-order valence-corrected chi connectivity index (χ3v) is 3.15. The fourth-order valence-electron chi connectivity index (χ4n) is 1.27. The van der Waals surface area contributed by atoms with Gasteiger partial charge >= 0.3 is 0 Å². The van der Waals surface area contributed by atoms with Gasteiger partial charge in [-0.3, -0.25) is 0 Å². The van der Waals surface area contributed by atoms with Gasteiger partial charge in [-0.25, -0.2) is 13.2 Å². The van der Waals surface area contributed by atoms with E-state index in [9.17, 15) is 13.2 Å². The SMILES string of the molecule is Nc1ccc(Sc2cc(F)ccc2F)c(F)c1. The fraction of sp³-hybridized carbons (Fsp3) is 0. The van der Waals surface area contributed by atoms with Crippen molar-refractivity contribution < 1.29 is 13.2 Å². The minimum absolute atomic E-state index is 0.0358. The second-order valence-electron chi connectivity index (χ2n) is 3.37. The largest absolute Gasteiger partial charge is 0.399 e. The fourth-order valence-corrected chi connectivity index (χ4v) is 2.14. The van der Waals surface area contributed by atoms with E-state index in [-0.39, 0.29) is 15.5 Å². The summed E-state index contributed by atoms with van der Waals surface area (Å²) in [6, 6.07) is 7.11. The smallest absolute Gasteiger partial charge is 0.139 e. The lowest BCUT2D eigenvalue weighted by atomic mass is 10.3. The average Bonchev–Trinajstić information content (AvgIpc) is 2.27. The summed E-state index contributed by atoms with van der Waals surface area (Å²) in [5.41, 5.74) is 5.68.